The van der Waals surface area contributed by atoms with Crippen LogP contribution in [0, 0.1) is 0 Å². The Labute approximate surface area is 115 Å². The molecule has 1 aliphatic heterocycles. The summed E-state index contributed by atoms with van der Waals surface area (Å²) in [6.07, 6.45) is 1.07. The number of carbonyl (C=O) groups excluding carboxylic acids is 1. The van der Waals surface area contributed by atoms with Crippen LogP contribution in [0.4, 0.5) is 0 Å². The van der Waals surface area contributed by atoms with E-state index in [0.29, 0.717) is 17.5 Å². The molecule has 1 aromatic carbocycles. The van der Waals surface area contributed by atoms with Crippen molar-refractivity contribution in [3.63, 3.8) is 0 Å². The first kappa shape index (κ1) is 14.1. The van der Waals surface area contributed by atoms with Gasteiger partial charge in [0.05, 0.1) is 5.56 Å². The van der Waals surface area contributed by atoms with Crippen molar-refractivity contribution in [2.75, 3.05) is 6.54 Å². The van der Waals surface area contributed by atoms with Crippen LogP contribution in [0.2, 0.25) is 0 Å². The van der Waals surface area contributed by atoms with Crippen LogP contribution in [0.3, 0.4) is 0 Å². The molecule has 1 fully saturated rings. The molecule has 3 heteroatoms. The summed E-state index contributed by atoms with van der Waals surface area (Å²) < 4.78 is 5.49. The van der Waals surface area contributed by atoms with Gasteiger partial charge in [-0.25, -0.2) is 4.79 Å². The van der Waals surface area contributed by atoms with Crippen molar-refractivity contribution in [1.29, 1.82) is 0 Å². The van der Waals surface area contributed by atoms with Crippen LogP contribution >= 0.6 is 0 Å². The SMILES string of the molecule is CC1CC(c2ccccc2C(=O)OC(C)(C)C)CN1. The average molecular weight is 261 g/mol. The van der Waals surface area contributed by atoms with Gasteiger partial charge in [-0.3, -0.25) is 0 Å². The molecule has 0 aromatic heterocycles. The molecule has 1 aromatic rings. The zero-order chi connectivity index (χ0) is 14.0. The summed E-state index contributed by atoms with van der Waals surface area (Å²) >= 11 is 0. The molecule has 2 atom stereocenters. The third kappa shape index (κ3) is 3.57. The summed E-state index contributed by atoms with van der Waals surface area (Å²) in [4.78, 5) is 12.3. The van der Waals surface area contributed by atoms with E-state index in [1.54, 1.807) is 0 Å². The van der Waals surface area contributed by atoms with Gasteiger partial charge in [0.1, 0.15) is 5.60 Å². The maximum absolute atomic E-state index is 12.3. The molecule has 0 saturated carbocycles. The van der Waals surface area contributed by atoms with E-state index in [0.717, 1.165) is 18.5 Å². The molecule has 19 heavy (non-hydrogen) atoms. The average Bonchev–Trinajstić information content (AvgIpc) is 2.73. The van der Waals surface area contributed by atoms with Crippen LogP contribution in [0.25, 0.3) is 0 Å². The molecular weight excluding hydrogens is 238 g/mol. The number of benzene rings is 1. The van der Waals surface area contributed by atoms with Crippen LogP contribution in [-0.4, -0.2) is 24.2 Å². The van der Waals surface area contributed by atoms with Gasteiger partial charge in [-0.05, 0) is 51.7 Å². The number of rotatable bonds is 2. The Morgan fingerprint density at radius 2 is 2.00 bits per heavy atom. The van der Waals surface area contributed by atoms with Gasteiger partial charge in [-0.1, -0.05) is 18.2 Å². The van der Waals surface area contributed by atoms with Gasteiger partial charge in [0, 0.05) is 12.6 Å². The predicted octanol–water partition coefficient (Wildman–Crippen LogP) is 3.11. The number of ether oxygens (including phenoxy) is 1. The fourth-order valence-electron chi connectivity index (χ4n) is 2.55. The van der Waals surface area contributed by atoms with Crippen molar-refractivity contribution in [3.05, 3.63) is 35.4 Å². The number of hydrogen-bond acceptors (Lipinski definition) is 3. The fraction of sp³-hybridized carbons (Fsp3) is 0.562. The van der Waals surface area contributed by atoms with Crippen LogP contribution in [-0.2, 0) is 4.74 Å². The Kier molecular flexibility index (Phi) is 3.95. The quantitative estimate of drug-likeness (QED) is 0.831. The Morgan fingerprint density at radius 1 is 1.32 bits per heavy atom. The summed E-state index contributed by atoms with van der Waals surface area (Å²) in [6.45, 7) is 8.79. The summed E-state index contributed by atoms with van der Waals surface area (Å²) in [6, 6.07) is 8.31. The number of hydrogen-bond donors (Lipinski definition) is 1. The minimum Gasteiger partial charge on any atom is -0.456 e. The van der Waals surface area contributed by atoms with Crippen molar-refractivity contribution < 1.29 is 9.53 Å². The van der Waals surface area contributed by atoms with E-state index in [9.17, 15) is 4.79 Å². The van der Waals surface area contributed by atoms with Crippen LogP contribution < -0.4 is 5.32 Å². The summed E-state index contributed by atoms with van der Waals surface area (Å²) in [5.41, 5.74) is 1.36. The van der Waals surface area contributed by atoms with Crippen LogP contribution in [0.15, 0.2) is 24.3 Å². The zero-order valence-electron chi connectivity index (χ0n) is 12.2. The molecule has 2 rings (SSSR count). The lowest BCUT2D eigenvalue weighted by Crippen LogP contribution is -2.25. The molecule has 3 nitrogen and oxygen atoms in total. The van der Waals surface area contributed by atoms with E-state index in [2.05, 4.69) is 12.2 Å². The van der Waals surface area contributed by atoms with Gasteiger partial charge in [0.25, 0.3) is 0 Å². The fourth-order valence-corrected chi connectivity index (χ4v) is 2.55. The summed E-state index contributed by atoms with van der Waals surface area (Å²) in [5.74, 6) is 0.182. The lowest BCUT2D eigenvalue weighted by Gasteiger charge is -2.21. The van der Waals surface area contributed by atoms with Gasteiger partial charge in [-0.15, -0.1) is 0 Å². The maximum Gasteiger partial charge on any atom is 0.338 e. The lowest BCUT2D eigenvalue weighted by molar-refractivity contribution is 0.00679. The van der Waals surface area contributed by atoms with Crippen LogP contribution in [0.1, 0.15) is 56.0 Å². The number of carbonyl (C=O) groups is 1. The highest BCUT2D eigenvalue weighted by atomic mass is 16.6. The zero-order valence-corrected chi connectivity index (χ0v) is 12.2. The minimum absolute atomic E-state index is 0.220. The second kappa shape index (κ2) is 5.33. The largest absolute Gasteiger partial charge is 0.456 e. The van der Waals surface area contributed by atoms with Gasteiger partial charge in [0.15, 0.2) is 0 Å². The van der Waals surface area contributed by atoms with Gasteiger partial charge in [-0.2, -0.15) is 0 Å². The molecular formula is C16H23NO2. The summed E-state index contributed by atoms with van der Waals surface area (Å²) in [5, 5.41) is 3.43. The third-order valence-electron chi connectivity index (χ3n) is 3.37. The number of esters is 1. The molecule has 0 spiro atoms. The monoisotopic (exact) mass is 261 g/mol. The molecule has 1 saturated heterocycles. The van der Waals surface area contributed by atoms with E-state index in [4.69, 9.17) is 4.74 Å². The highest BCUT2D eigenvalue weighted by molar-refractivity contribution is 5.91. The minimum atomic E-state index is -0.453. The lowest BCUT2D eigenvalue weighted by atomic mass is 9.92. The number of nitrogens with one attached hydrogen (secondary N) is 1. The van der Waals surface area contributed by atoms with Crippen molar-refractivity contribution in [1.82, 2.24) is 5.32 Å². The van der Waals surface area contributed by atoms with Crippen molar-refractivity contribution in [3.8, 4) is 0 Å². The molecule has 0 aliphatic carbocycles. The van der Waals surface area contributed by atoms with Gasteiger partial charge < -0.3 is 10.1 Å². The first-order valence-corrected chi connectivity index (χ1v) is 6.92. The highest BCUT2D eigenvalue weighted by Crippen LogP contribution is 2.29. The molecule has 2 unspecified atom stereocenters. The highest BCUT2D eigenvalue weighted by Gasteiger charge is 2.27. The first-order chi connectivity index (χ1) is 8.87. The van der Waals surface area contributed by atoms with Gasteiger partial charge >= 0.3 is 5.97 Å². The van der Waals surface area contributed by atoms with Crippen LogP contribution in [0.5, 0.6) is 0 Å². The standard InChI is InChI=1S/C16H23NO2/c1-11-9-12(10-17-11)13-7-5-6-8-14(13)15(18)19-16(2,3)4/h5-8,11-12,17H,9-10H2,1-4H3. The normalized spacial score (nSPS) is 23.4. The second-order valence-corrected chi connectivity index (χ2v) is 6.33. The van der Waals surface area contributed by atoms with Gasteiger partial charge in [0.2, 0.25) is 0 Å². The molecule has 1 aliphatic rings. The van der Waals surface area contributed by atoms with E-state index in [1.807, 2.05) is 45.0 Å². The molecule has 1 heterocycles. The predicted molar refractivity (Wildman–Crippen MR) is 76.4 cm³/mol. The van der Waals surface area contributed by atoms with Crippen molar-refractivity contribution in [2.24, 2.45) is 0 Å². The second-order valence-electron chi connectivity index (χ2n) is 6.33. The Morgan fingerprint density at radius 3 is 2.58 bits per heavy atom. The Balaban J connectivity index is 2.23. The Hall–Kier alpha value is -1.35. The molecule has 104 valence electrons. The maximum atomic E-state index is 12.3. The molecule has 0 radical (unpaired) electrons. The smallest absolute Gasteiger partial charge is 0.338 e. The van der Waals surface area contributed by atoms with E-state index in [1.165, 1.54) is 0 Å². The Bertz CT molecular complexity index is 462. The summed E-state index contributed by atoms with van der Waals surface area (Å²) in [7, 11) is 0. The van der Waals surface area contributed by atoms with Crippen molar-refractivity contribution >= 4 is 5.97 Å². The van der Waals surface area contributed by atoms with E-state index >= 15 is 0 Å². The molecule has 0 amide bonds. The van der Waals surface area contributed by atoms with E-state index < -0.39 is 5.60 Å². The molecule has 0 bridgehead atoms. The molecule has 1 N–H and O–H groups in total. The first-order valence-electron chi connectivity index (χ1n) is 6.92. The van der Waals surface area contributed by atoms with Crippen molar-refractivity contribution in [2.45, 2.75) is 51.7 Å². The topological polar surface area (TPSA) is 38.3 Å². The third-order valence-corrected chi connectivity index (χ3v) is 3.37. The van der Waals surface area contributed by atoms with E-state index in [-0.39, 0.29) is 5.97 Å².